The number of ketones is 2. The standard InChI is InChI=1S/C19H36N2O6/c1-16(22)5-10-25-13-19(3,14-26-11-6-17(2)23)15-27-12-7-18(24)21-9-4-8-20/h4-15,20H2,1-3H3,(H,21,24). The van der Waals surface area contributed by atoms with Crippen molar-refractivity contribution < 1.29 is 28.6 Å². The molecule has 0 atom stereocenters. The molecule has 1 amide bonds. The van der Waals surface area contributed by atoms with Gasteiger partial charge in [0.05, 0.1) is 39.6 Å². The molecule has 0 saturated carbocycles. The van der Waals surface area contributed by atoms with E-state index in [1.807, 2.05) is 6.92 Å². The molecular weight excluding hydrogens is 352 g/mol. The number of ether oxygens (including phenoxy) is 3. The highest BCUT2D eigenvalue weighted by Gasteiger charge is 2.26. The minimum absolute atomic E-state index is 0.0689. The molecule has 0 radical (unpaired) electrons. The zero-order chi connectivity index (χ0) is 20.5. The van der Waals surface area contributed by atoms with Crippen LogP contribution in [0.3, 0.4) is 0 Å². The molecule has 3 N–H and O–H groups in total. The summed E-state index contributed by atoms with van der Waals surface area (Å²) in [5, 5.41) is 2.77. The number of Topliss-reactive ketones (excluding diaryl/α,β-unsaturated/α-hetero) is 2. The SMILES string of the molecule is CC(=O)CCOCC(C)(COCCC(C)=O)COCCC(=O)NCCCN. The summed E-state index contributed by atoms with van der Waals surface area (Å²) in [5.74, 6) is 0.0817. The number of carbonyl (C=O) groups excluding carboxylic acids is 3. The lowest BCUT2D eigenvalue weighted by Gasteiger charge is -2.29. The molecule has 0 unspecified atom stereocenters. The first-order valence-corrected chi connectivity index (χ1v) is 9.48. The Morgan fingerprint density at radius 3 is 1.70 bits per heavy atom. The zero-order valence-corrected chi connectivity index (χ0v) is 17.0. The van der Waals surface area contributed by atoms with Crippen LogP contribution in [0.4, 0.5) is 0 Å². The molecule has 0 aromatic rings. The van der Waals surface area contributed by atoms with Gasteiger partial charge >= 0.3 is 0 Å². The summed E-state index contributed by atoms with van der Waals surface area (Å²) < 4.78 is 16.8. The summed E-state index contributed by atoms with van der Waals surface area (Å²) in [6.07, 6.45) is 1.76. The monoisotopic (exact) mass is 388 g/mol. The largest absolute Gasteiger partial charge is 0.380 e. The van der Waals surface area contributed by atoms with Gasteiger partial charge in [-0.1, -0.05) is 6.92 Å². The topological polar surface area (TPSA) is 117 Å². The molecular formula is C19H36N2O6. The maximum atomic E-state index is 11.6. The van der Waals surface area contributed by atoms with E-state index in [1.165, 1.54) is 13.8 Å². The van der Waals surface area contributed by atoms with Crippen molar-refractivity contribution in [3.8, 4) is 0 Å². The maximum absolute atomic E-state index is 11.6. The first-order valence-electron chi connectivity index (χ1n) is 9.48. The van der Waals surface area contributed by atoms with Crippen LogP contribution in [0.15, 0.2) is 0 Å². The van der Waals surface area contributed by atoms with Crippen LogP contribution in [0.2, 0.25) is 0 Å². The van der Waals surface area contributed by atoms with Crippen LogP contribution in [-0.4, -0.2) is 70.2 Å². The van der Waals surface area contributed by atoms with Crippen LogP contribution < -0.4 is 11.1 Å². The van der Waals surface area contributed by atoms with Crippen molar-refractivity contribution in [2.24, 2.45) is 11.1 Å². The fourth-order valence-electron chi connectivity index (χ4n) is 2.10. The molecule has 0 aliphatic carbocycles. The molecule has 158 valence electrons. The van der Waals surface area contributed by atoms with Crippen molar-refractivity contribution in [2.75, 3.05) is 52.7 Å². The molecule has 8 nitrogen and oxygen atoms in total. The van der Waals surface area contributed by atoms with E-state index in [4.69, 9.17) is 19.9 Å². The molecule has 0 aromatic carbocycles. The number of hydrogen-bond acceptors (Lipinski definition) is 7. The lowest BCUT2D eigenvalue weighted by atomic mass is 9.94. The first-order chi connectivity index (χ1) is 12.8. The van der Waals surface area contributed by atoms with E-state index in [2.05, 4.69) is 5.32 Å². The van der Waals surface area contributed by atoms with Gasteiger partial charge in [-0.05, 0) is 26.8 Å². The van der Waals surface area contributed by atoms with Crippen LogP contribution in [0.5, 0.6) is 0 Å². The molecule has 0 fully saturated rings. The minimum atomic E-state index is -0.427. The van der Waals surface area contributed by atoms with Gasteiger partial charge in [-0.2, -0.15) is 0 Å². The van der Waals surface area contributed by atoms with Crippen LogP contribution in [-0.2, 0) is 28.6 Å². The van der Waals surface area contributed by atoms with E-state index in [1.54, 1.807) is 0 Å². The van der Waals surface area contributed by atoms with Gasteiger partial charge in [0.1, 0.15) is 11.6 Å². The van der Waals surface area contributed by atoms with Crippen LogP contribution in [0, 0.1) is 5.41 Å². The van der Waals surface area contributed by atoms with Gasteiger partial charge < -0.3 is 25.3 Å². The summed E-state index contributed by atoms with van der Waals surface area (Å²) >= 11 is 0. The summed E-state index contributed by atoms with van der Waals surface area (Å²) in [6.45, 7) is 8.19. The van der Waals surface area contributed by atoms with E-state index in [9.17, 15) is 14.4 Å². The highest BCUT2D eigenvalue weighted by molar-refractivity contribution is 5.76. The maximum Gasteiger partial charge on any atom is 0.222 e. The van der Waals surface area contributed by atoms with Crippen molar-refractivity contribution in [1.29, 1.82) is 0 Å². The van der Waals surface area contributed by atoms with Crippen molar-refractivity contribution in [2.45, 2.75) is 46.5 Å². The van der Waals surface area contributed by atoms with Gasteiger partial charge in [0.25, 0.3) is 0 Å². The Labute approximate surface area is 162 Å². The van der Waals surface area contributed by atoms with E-state index in [-0.39, 0.29) is 23.9 Å². The van der Waals surface area contributed by atoms with Crippen LogP contribution in [0.1, 0.15) is 46.5 Å². The molecule has 0 bridgehead atoms. The van der Waals surface area contributed by atoms with Crippen molar-refractivity contribution >= 4 is 17.5 Å². The molecule has 0 aliphatic rings. The Hall–Kier alpha value is -1.35. The third-order valence-electron chi connectivity index (χ3n) is 3.73. The first kappa shape index (κ1) is 25.6. The van der Waals surface area contributed by atoms with Gasteiger partial charge in [0.2, 0.25) is 5.91 Å². The normalized spacial score (nSPS) is 11.4. The average molecular weight is 389 g/mol. The molecule has 8 heteroatoms. The Bertz CT molecular complexity index is 420. The van der Waals surface area contributed by atoms with Gasteiger partial charge in [0, 0.05) is 31.2 Å². The highest BCUT2D eigenvalue weighted by atomic mass is 16.5. The van der Waals surface area contributed by atoms with E-state index >= 15 is 0 Å². The second-order valence-electron chi connectivity index (χ2n) is 7.11. The molecule has 0 heterocycles. The van der Waals surface area contributed by atoms with Gasteiger partial charge in [-0.3, -0.25) is 14.4 Å². The number of nitrogens with one attached hydrogen (secondary N) is 1. The number of carbonyl (C=O) groups is 3. The van der Waals surface area contributed by atoms with E-state index < -0.39 is 5.41 Å². The minimum Gasteiger partial charge on any atom is -0.380 e. The Balaban J connectivity index is 4.23. The fourth-order valence-corrected chi connectivity index (χ4v) is 2.10. The molecule has 27 heavy (non-hydrogen) atoms. The second-order valence-corrected chi connectivity index (χ2v) is 7.11. The smallest absolute Gasteiger partial charge is 0.222 e. The third-order valence-corrected chi connectivity index (χ3v) is 3.73. The average Bonchev–Trinajstić information content (AvgIpc) is 2.60. The Kier molecular flexibility index (Phi) is 14.9. The van der Waals surface area contributed by atoms with Gasteiger partial charge in [0.15, 0.2) is 0 Å². The molecule has 0 aliphatic heterocycles. The Morgan fingerprint density at radius 2 is 1.30 bits per heavy atom. The molecule has 0 spiro atoms. The van der Waals surface area contributed by atoms with Crippen LogP contribution in [0.25, 0.3) is 0 Å². The molecule has 0 saturated heterocycles. The Morgan fingerprint density at radius 1 is 0.852 bits per heavy atom. The van der Waals surface area contributed by atoms with Crippen molar-refractivity contribution in [3.05, 3.63) is 0 Å². The quantitative estimate of drug-likeness (QED) is 0.334. The fraction of sp³-hybridized carbons (Fsp3) is 0.842. The zero-order valence-electron chi connectivity index (χ0n) is 17.0. The number of rotatable bonds is 18. The number of nitrogens with two attached hydrogens (primary N) is 1. The summed E-state index contributed by atoms with van der Waals surface area (Å²) in [5.41, 5.74) is 4.95. The summed E-state index contributed by atoms with van der Waals surface area (Å²) in [6, 6.07) is 0. The summed E-state index contributed by atoms with van der Waals surface area (Å²) in [4.78, 5) is 33.7. The van der Waals surface area contributed by atoms with E-state index in [0.717, 1.165) is 6.42 Å². The van der Waals surface area contributed by atoms with E-state index in [0.29, 0.717) is 65.6 Å². The summed E-state index contributed by atoms with van der Waals surface area (Å²) in [7, 11) is 0. The predicted molar refractivity (Wildman–Crippen MR) is 102 cm³/mol. The molecule has 0 aromatic heterocycles. The van der Waals surface area contributed by atoms with Crippen LogP contribution >= 0.6 is 0 Å². The lowest BCUT2D eigenvalue weighted by Crippen LogP contribution is -2.35. The van der Waals surface area contributed by atoms with Gasteiger partial charge in [-0.25, -0.2) is 0 Å². The highest BCUT2D eigenvalue weighted by Crippen LogP contribution is 2.19. The third kappa shape index (κ3) is 16.5. The predicted octanol–water partition coefficient (Wildman–Crippen LogP) is 0.856. The van der Waals surface area contributed by atoms with Crippen molar-refractivity contribution in [1.82, 2.24) is 5.32 Å². The second kappa shape index (κ2) is 15.7. The van der Waals surface area contributed by atoms with Crippen molar-refractivity contribution in [3.63, 3.8) is 0 Å². The molecule has 0 rings (SSSR count). The number of hydrogen-bond donors (Lipinski definition) is 2. The van der Waals surface area contributed by atoms with Gasteiger partial charge in [-0.15, -0.1) is 0 Å². The number of amides is 1. The lowest BCUT2D eigenvalue weighted by molar-refractivity contribution is -0.123.